The highest BCUT2D eigenvalue weighted by Crippen LogP contribution is 2.25. The number of ketones is 1. The van der Waals surface area contributed by atoms with E-state index in [4.69, 9.17) is 0 Å². The third-order valence-corrected chi connectivity index (χ3v) is 5.38. The Kier molecular flexibility index (Phi) is 8.11. The molecule has 1 radical (unpaired) electrons. The van der Waals surface area contributed by atoms with Gasteiger partial charge in [0.2, 0.25) is 6.29 Å². The highest BCUT2D eigenvalue weighted by atomic mass is 16.1. The van der Waals surface area contributed by atoms with E-state index in [0.717, 1.165) is 17.0 Å². The molecule has 4 aromatic heterocycles. The van der Waals surface area contributed by atoms with Gasteiger partial charge in [0, 0.05) is 42.6 Å². The summed E-state index contributed by atoms with van der Waals surface area (Å²) in [6.45, 7) is 0. The summed E-state index contributed by atoms with van der Waals surface area (Å²) in [6.07, 6.45) is 13.2. The van der Waals surface area contributed by atoms with Gasteiger partial charge in [-0.15, -0.1) is 0 Å². The number of nitrogens with zero attached hydrogens (tertiary/aromatic N) is 4. The van der Waals surface area contributed by atoms with E-state index < -0.39 is 5.78 Å². The van der Waals surface area contributed by atoms with Gasteiger partial charge in [0.05, 0.1) is 17.0 Å². The summed E-state index contributed by atoms with van der Waals surface area (Å²) >= 11 is 0. The molecule has 171 valence electrons. The summed E-state index contributed by atoms with van der Waals surface area (Å²) in [5, 5.41) is 0. The van der Waals surface area contributed by atoms with Gasteiger partial charge in [-0.2, -0.15) is 0 Å². The van der Waals surface area contributed by atoms with E-state index in [0.29, 0.717) is 29.8 Å². The van der Waals surface area contributed by atoms with Gasteiger partial charge < -0.3 is 0 Å². The van der Waals surface area contributed by atoms with Crippen LogP contribution >= 0.6 is 0 Å². The number of pyridine rings is 4. The van der Waals surface area contributed by atoms with Crippen molar-refractivity contribution in [3.8, 4) is 0 Å². The maximum absolute atomic E-state index is 13.2. The Bertz CT molecular complexity index is 1330. The summed E-state index contributed by atoms with van der Waals surface area (Å²) in [5.74, 6) is -0.460. The minimum atomic E-state index is -0.460. The normalized spacial score (nSPS) is 11.8. The minimum absolute atomic E-state index is 0.0689. The molecule has 0 aliphatic carbocycles. The smallest absolute Gasteiger partial charge is 0.237 e. The monoisotopic (exact) mass is 459 g/mol. The zero-order chi connectivity index (χ0) is 24.3. The summed E-state index contributed by atoms with van der Waals surface area (Å²) in [6, 6.07) is 20.5. The molecule has 0 aliphatic rings. The molecule has 0 saturated carbocycles. The SMILES string of the molecule is O=[C]C(C(=O)C=Cc1ccccn1)=C(Cc1ccccn1)c1ncccc1CCc1ccccn1. The minimum Gasteiger partial charge on any atom is -0.289 e. The van der Waals surface area contributed by atoms with Crippen molar-refractivity contribution in [2.45, 2.75) is 19.3 Å². The fourth-order valence-electron chi connectivity index (χ4n) is 3.67. The lowest BCUT2D eigenvalue weighted by molar-refractivity contribution is -0.110. The van der Waals surface area contributed by atoms with Crippen molar-refractivity contribution in [3.05, 3.63) is 132 Å². The molecule has 0 atom stereocenters. The van der Waals surface area contributed by atoms with Gasteiger partial charge in [0.25, 0.3) is 0 Å². The van der Waals surface area contributed by atoms with E-state index in [9.17, 15) is 9.59 Å². The quantitative estimate of drug-likeness (QED) is 0.198. The number of hydrogen-bond donors (Lipinski definition) is 0. The molecule has 0 spiro atoms. The van der Waals surface area contributed by atoms with Crippen molar-refractivity contribution in [2.75, 3.05) is 0 Å². The van der Waals surface area contributed by atoms with Crippen LogP contribution in [0.25, 0.3) is 11.6 Å². The van der Waals surface area contributed by atoms with E-state index in [2.05, 4.69) is 19.9 Å². The molecule has 0 fully saturated rings. The van der Waals surface area contributed by atoms with Crippen LogP contribution in [-0.2, 0) is 28.9 Å². The second-order valence-electron chi connectivity index (χ2n) is 7.74. The lowest BCUT2D eigenvalue weighted by Gasteiger charge is -2.14. The Hall–Kier alpha value is -4.58. The van der Waals surface area contributed by atoms with Crippen LogP contribution in [0.4, 0.5) is 0 Å². The zero-order valence-corrected chi connectivity index (χ0v) is 19.0. The largest absolute Gasteiger partial charge is 0.289 e. The average molecular weight is 460 g/mol. The Morgan fingerprint density at radius 3 is 2.09 bits per heavy atom. The van der Waals surface area contributed by atoms with Crippen molar-refractivity contribution in [1.29, 1.82) is 0 Å². The predicted molar refractivity (Wildman–Crippen MR) is 135 cm³/mol. The number of aromatic nitrogens is 4. The maximum Gasteiger partial charge on any atom is 0.237 e. The molecule has 35 heavy (non-hydrogen) atoms. The third kappa shape index (κ3) is 6.48. The molecule has 6 nitrogen and oxygen atoms in total. The first-order chi connectivity index (χ1) is 17.2. The van der Waals surface area contributed by atoms with Gasteiger partial charge >= 0.3 is 0 Å². The third-order valence-electron chi connectivity index (χ3n) is 5.38. The fourth-order valence-corrected chi connectivity index (χ4v) is 3.67. The molecular formula is C29H23N4O2. The number of allylic oxidation sites excluding steroid dienone is 3. The van der Waals surface area contributed by atoms with Crippen molar-refractivity contribution < 1.29 is 9.59 Å². The Morgan fingerprint density at radius 1 is 0.743 bits per heavy atom. The van der Waals surface area contributed by atoms with Crippen LogP contribution < -0.4 is 0 Å². The van der Waals surface area contributed by atoms with Gasteiger partial charge in [0.15, 0.2) is 5.78 Å². The molecule has 0 unspecified atom stereocenters. The number of rotatable bonds is 10. The van der Waals surface area contributed by atoms with E-state index in [1.165, 1.54) is 6.08 Å². The van der Waals surface area contributed by atoms with Gasteiger partial charge in [-0.05, 0) is 78.6 Å². The van der Waals surface area contributed by atoms with Crippen LogP contribution in [0.3, 0.4) is 0 Å². The molecule has 4 rings (SSSR count). The maximum atomic E-state index is 13.2. The Balaban J connectivity index is 1.73. The molecule has 0 aliphatic heterocycles. The zero-order valence-electron chi connectivity index (χ0n) is 19.0. The second-order valence-corrected chi connectivity index (χ2v) is 7.74. The van der Waals surface area contributed by atoms with E-state index in [-0.39, 0.29) is 12.0 Å². The molecule has 0 amide bonds. The molecule has 0 aromatic carbocycles. The van der Waals surface area contributed by atoms with Crippen LogP contribution in [-0.4, -0.2) is 32.0 Å². The van der Waals surface area contributed by atoms with Gasteiger partial charge in [-0.1, -0.05) is 24.3 Å². The second kappa shape index (κ2) is 12.0. The number of carbonyl (C=O) groups is 1. The van der Waals surface area contributed by atoms with Crippen LogP contribution in [0, 0.1) is 0 Å². The van der Waals surface area contributed by atoms with E-state index >= 15 is 0 Å². The topological polar surface area (TPSA) is 85.7 Å². The summed E-state index contributed by atoms with van der Waals surface area (Å²) in [7, 11) is 0. The first kappa shape index (κ1) is 23.6. The molecule has 0 N–H and O–H groups in total. The first-order valence-electron chi connectivity index (χ1n) is 11.2. The summed E-state index contributed by atoms with van der Waals surface area (Å²) in [4.78, 5) is 42.9. The molecule has 4 aromatic rings. The van der Waals surface area contributed by atoms with Gasteiger partial charge in [-0.25, -0.2) is 0 Å². The highest BCUT2D eigenvalue weighted by molar-refractivity contribution is 6.23. The standard InChI is InChI=1S/C29H23N4O2/c34-21-27(28(35)15-14-24-10-2-5-17-31-24)26(20-25-11-3-6-18-32-25)29-22(8-7-19-33-29)12-13-23-9-1-4-16-30-23/h1-11,14-19H,12-13,20H2. The molecular weight excluding hydrogens is 436 g/mol. The average Bonchev–Trinajstić information content (AvgIpc) is 2.92. The summed E-state index contributed by atoms with van der Waals surface area (Å²) < 4.78 is 0. The first-order valence-corrected chi connectivity index (χ1v) is 11.2. The van der Waals surface area contributed by atoms with E-state index in [1.807, 2.05) is 60.9 Å². The van der Waals surface area contributed by atoms with Crippen molar-refractivity contribution in [2.24, 2.45) is 0 Å². The Morgan fingerprint density at radius 2 is 1.43 bits per heavy atom. The highest BCUT2D eigenvalue weighted by Gasteiger charge is 2.20. The molecule has 4 heterocycles. The molecule has 0 saturated heterocycles. The number of hydrogen-bond acceptors (Lipinski definition) is 6. The van der Waals surface area contributed by atoms with Gasteiger partial charge in [0.1, 0.15) is 0 Å². The van der Waals surface area contributed by atoms with Crippen LogP contribution in [0.5, 0.6) is 0 Å². The Labute approximate surface area is 204 Å². The van der Waals surface area contributed by atoms with Crippen LogP contribution in [0.1, 0.15) is 28.3 Å². The predicted octanol–water partition coefficient (Wildman–Crippen LogP) is 4.44. The van der Waals surface area contributed by atoms with Gasteiger partial charge in [-0.3, -0.25) is 29.5 Å². The van der Waals surface area contributed by atoms with Crippen LogP contribution in [0.2, 0.25) is 0 Å². The lowest BCUT2D eigenvalue weighted by Crippen LogP contribution is -2.10. The summed E-state index contributed by atoms with van der Waals surface area (Å²) in [5.41, 5.74) is 4.22. The van der Waals surface area contributed by atoms with Crippen molar-refractivity contribution >= 4 is 23.7 Å². The molecule has 6 heteroatoms. The molecule has 0 bridgehead atoms. The van der Waals surface area contributed by atoms with Crippen molar-refractivity contribution in [3.63, 3.8) is 0 Å². The van der Waals surface area contributed by atoms with E-state index in [1.54, 1.807) is 43.0 Å². The lowest BCUT2D eigenvalue weighted by atomic mass is 9.92. The number of carbonyl (C=O) groups excluding carboxylic acids is 2. The van der Waals surface area contributed by atoms with Crippen LogP contribution in [0.15, 0.2) is 103 Å². The fraction of sp³-hybridized carbons (Fsp3) is 0.103. The van der Waals surface area contributed by atoms with Crippen molar-refractivity contribution in [1.82, 2.24) is 19.9 Å². The number of aryl methyl sites for hydroxylation is 2.